The molecule has 0 spiro atoms. The molecule has 3 N–H and O–H groups in total. The molecule has 0 bridgehead atoms. The normalized spacial score (nSPS) is 10.2. The number of nitrogens with one attached hydrogen (secondary N) is 3. The molecule has 0 atom stereocenters. The minimum absolute atomic E-state index is 0.0234. The lowest BCUT2D eigenvalue weighted by atomic mass is 10.1. The molecule has 0 unspecified atom stereocenters. The summed E-state index contributed by atoms with van der Waals surface area (Å²) in [6.45, 7) is 4.10. The Balaban J connectivity index is 1.54. The maximum Gasteiger partial charge on any atom is 0.306 e. The highest BCUT2D eigenvalue weighted by Crippen LogP contribution is 2.16. The Morgan fingerprint density at radius 1 is 0.788 bits per heavy atom. The SMILES string of the molecule is Cc1ccc(C)c(NC(=O)CCC(=O)NNC(=O)CCC(=O)OCCCc2ccccc2)c1. The van der Waals surface area contributed by atoms with Crippen molar-refractivity contribution in [2.24, 2.45) is 0 Å². The minimum atomic E-state index is -0.510. The minimum Gasteiger partial charge on any atom is -0.466 e. The van der Waals surface area contributed by atoms with Crippen LogP contribution in [0.15, 0.2) is 48.5 Å². The quantitative estimate of drug-likeness (QED) is 0.275. The molecule has 0 saturated carbocycles. The fraction of sp³-hybridized carbons (Fsp3) is 0.360. The first-order valence-corrected chi connectivity index (χ1v) is 11.0. The maximum atomic E-state index is 12.1. The van der Waals surface area contributed by atoms with Crippen LogP contribution in [0.2, 0.25) is 0 Å². The molecule has 0 fully saturated rings. The van der Waals surface area contributed by atoms with Crippen molar-refractivity contribution in [1.29, 1.82) is 0 Å². The second-order valence-electron chi connectivity index (χ2n) is 7.77. The van der Waals surface area contributed by atoms with Gasteiger partial charge >= 0.3 is 5.97 Å². The molecule has 2 aromatic carbocycles. The second-order valence-corrected chi connectivity index (χ2v) is 7.77. The van der Waals surface area contributed by atoms with Gasteiger partial charge in [-0.25, -0.2) is 0 Å². The van der Waals surface area contributed by atoms with Crippen molar-refractivity contribution < 1.29 is 23.9 Å². The Morgan fingerprint density at radius 2 is 1.42 bits per heavy atom. The zero-order valence-corrected chi connectivity index (χ0v) is 19.1. The lowest BCUT2D eigenvalue weighted by Crippen LogP contribution is -2.41. The molecule has 8 nitrogen and oxygen atoms in total. The molecule has 0 aliphatic heterocycles. The molecule has 2 rings (SSSR count). The van der Waals surface area contributed by atoms with Gasteiger partial charge in [0.2, 0.25) is 17.7 Å². The number of carbonyl (C=O) groups is 4. The fourth-order valence-electron chi connectivity index (χ4n) is 2.97. The zero-order chi connectivity index (χ0) is 24.1. The summed E-state index contributed by atoms with van der Waals surface area (Å²) in [5, 5.41) is 2.78. The molecular weight excluding hydrogens is 422 g/mol. The van der Waals surface area contributed by atoms with Crippen LogP contribution in [0, 0.1) is 13.8 Å². The summed E-state index contributed by atoms with van der Waals surface area (Å²) in [4.78, 5) is 47.5. The Hall–Kier alpha value is -3.68. The maximum absolute atomic E-state index is 12.1. The summed E-state index contributed by atoms with van der Waals surface area (Å²) in [5.74, 6) is -1.76. The average molecular weight is 454 g/mol. The van der Waals surface area contributed by atoms with E-state index in [1.807, 2.05) is 62.4 Å². The summed E-state index contributed by atoms with van der Waals surface area (Å²) in [6.07, 6.45) is 1.22. The van der Waals surface area contributed by atoms with E-state index in [0.29, 0.717) is 12.1 Å². The predicted molar refractivity (Wildman–Crippen MR) is 125 cm³/mol. The number of carbonyl (C=O) groups excluding carboxylic acids is 4. The van der Waals surface area contributed by atoms with Crippen LogP contribution < -0.4 is 16.2 Å². The van der Waals surface area contributed by atoms with E-state index in [0.717, 1.165) is 17.5 Å². The smallest absolute Gasteiger partial charge is 0.306 e. The molecular formula is C25H31N3O5. The number of hydrogen-bond donors (Lipinski definition) is 3. The standard InChI is InChI=1S/C25H31N3O5/c1-18-10-11-19(2)21(17-18)26-22(29)12-13-23(30)27-28-24(31)14-15-25(32)33-16-6-9-20-7-4-3-5-8-20/h3-5,7-8,10-11,17H,6,9,12-16H2,1-2H3,(H,26,29)(H,27,30)(H,28,31). The monoisotopic (exact) mass is 453 g/mol. The van der Waals surface area contributed by atoms with Gasteiger partial charge in [0, 0.05) is 24.9 Å². The van der Waals surface area contributed by atoms with Crippen molar-refractivity contribution in [3.63, 3.8) is 0 Å². The topological polar surface area (TPSA) is 114 Å². The number of esters is 1. The number of benzene rings is 2. The predicted octanol–water partition coefficient (Wildman–Crippen LogP) is 3.13. The van der Waals surface area contributed by atoms with Crippen LogP contribution in [0.1, 0.15) is 48.8 Å². The third-order valence-electron chi connectivity index (χ3n) is 4.86. The summed E-state index contributed by atoms with van der Waals surface area (Å²) >= 11 is 0. The van der Waals surface area contributed by atoms with Crippen LogP contribution >= 0.6 is 0 Å². The number of anilines is 1. The molecule has 0 radical (unpaired) electrons. The highest BCUT2D eigenvalue weighted by atomic mass is 16.5. The third kappa shape index (κ3) is 10.5. The summed E-state index contributed by atoms with van der Waals surface area (Å²) in [7, 11) is 0. The molecule has 176 valence electrons. The van der Waals surface area contributed by atoms with Crippen molar-refractivity contribution in [2.45, 2.75) is 52.4 Å². The van der Waals surface area contributed by atoms with E-state index in [2.05, 4.69) is 16.2 Å². The Morgan fingerprint density at radius 3 is 2.12 bits per heavy atom. The van der Waals surface area contributed by atoms with Crippen LogP contribution in [-0.4, -0.2) is 30.3 Å². The van der Waals surface area contributed by atoms with E-state index < -0.39 is 17.8 Å². The number of amides is 3. The zero-order valence-electron chi connectivity index (χ0n) is 19.1. The van der Waals surface area contributed by atoms with Crippen molar-refractivity contribution in [3.8, 4) is 0 Å². The molecule has 0 heterocycles. The molecule has 0 aliphatic rings. The third-order valence-corrected chi connectivity index (χ3v) is 4.86. The Bertz CT molecular complexity index is 960. The van der Waals surface area contributed by atoms with E-state index in [1.165, 1.54) is 5.56 Å². The lowest BCUT2D eigenvalue weighted by Gasteiger charge is -2.10. The van der Waals surface area contributed by atoms with Gasteiger partial charge < -0.3 is 10.1 Å². The van der Waals surface area contributed by atoms with Gasteiger partial charge in [-0.2, -0.15) is 0 Å². The molecule has 2 aromatic rings. The van der Waals surface area contributed by atoms with Crippen LogP contribution in [-0.2, 0) is 30.3 Å². The first-order valence-electron chi connectivity index (χ1n) is 11.0. The van der Waals surface area contributed by atoms with Crippen LogP contribution in [0.3, 0.4) is 0 Å². The molecule has 8 heteroatoms. The Labute approximate surface area is 194 Å². The first-order chi connectivity index (χ1) is 15.8. The Kier molecular flexibility index (Phi) is 10.6. The number of aryl methyl sites for hydroxylation is 3. The van der Waals surface area contributed by atoms with Crippen LogP contribution in [0.4, 0.5) is 5.69 Å². The number of hydrazine groups is 1. The van der Waals surface area contributed by atoms with Gasteiger partial charge in [0.05, 0.1) is 13.0 Å². The molecule has 0 aromatic heterocycles. The van der Waals surface area contributed by atoms with Crippen LogP contribution in [0.5, 0.6) is 0 Å². The van der Waals surface area contributed by atoms with Crippen molar-refractivity contribution in [3.05, 3.63) is 65.2 Å². The van der Waals surface area contributed by atoms with Gasteiger partial charge in [-0.15, -0.1) is 0 Å². The fourth-order valence-corrected chi connectivity index (χ4v) is 2.97. The summed E-state index contributed by atoms with van der Waals surface area (Å²) in [6, 6.07) is 15.6. The van der Waals surface area contributed by atoms with E-state index in [4.69, 9.17) is 4.74 Å². The number of hydrogen-bond acceptors (Lipinski definition) is 5. The van der Waals surface area contributed by atoms with Crippen LogP contribution in [0.25, 0.3) is 0 Å². The van der Waals surface area contributed by atoms with Gasteiger partial charge in [-0.1, -0.05) is 42.5 Å². The number of rotatable bonds is 11. The summed E-state index contributed by atoms with van der Waals surface area (Å²) < 4.78 is 5.12. The highest BCUT2D eigenvalue weighted by Gasteiger charge is 2.11. The van der Waals surface area contributed by atoms with Crippen molar-refractivity contribution in [2.75, 3.05) is 11.9 Å². The van der Waals surface area contributed by atoms with Crippen molar-refractivity contribution in [1.82, 2.24) is 10.9 Å². The van der Waals surface area contributed by atoms with E-state index >= 15 is 0 Å². The van der Waals surface area contributed by atoms with E-state index in [1.54, 1.807) is 0 Å². The van der Waals surface area contributed by atoms with Gasteiger partial charge in [0.15, 0.2) is 0 Å². The van der Waals surface area contributed by atoms with Gasteiger partial charge in [0.1, 0.15) is 0 Å². The van der Waals surface area contributed by atoms with Crippen molar-refractivity contribution >= 4 is 29.4 Å². The number of ether oxygens (including phenoxy) is 1. The second kappa shape index (κ2) is 13.7. The molecule has 3 amide bonds. The molecule has 0 saturated heterocycles. The molecule has 0 aliphatic carbocycles. The first kappa shape index (κ1) is 25.6. The summed E-state index contributed by atoms with van der Waals surface area (Å²) in [5.41, 5.74) is 8.32. The van der Waals surface area contributed by atoms with E-state index in [-0.39, 0.29) is 38.2 Å². The largest absolute Gasteiger partial charge is 0.466 e. The van der Waals surface area contributed by atoms with Gasteiger partial charge in [-0.05, 0) is 49.4 Å². The average Bonchev–Trinajstić information content (AvgIpc) is 2.80. The highest BCUT2D eigenvalue weighted by molar-refractivity contribution is 5.94. The molecule has 33 heavy (non-hydrogen) atoms. The lowest BCUT2D eigenvalue weighted by molar-refractivity contribution is -0.145. The van der Waals surface area contributed by atoms with Gasteiger partial charge in [-0.3, -0.25) is 30.0 Å². The van der Waals surface area contributed by atoms with E-state index in [9.17, 15) is 19.2 Å². The van der Waals surface area contributed by atoms with Gasteiger partial charge in [0.25, 0.3) is 0 Å².